The van der Waals surface area contributed by atoms with Crippen molar-refractivity contribution in [2.45, 2.75) is 10.9 Å². The van der Waals surface area contributed by atoms with E-state index >= 15 is 0 Å². The Balaban J connectivity index is 2.98. The van der Waals surface area contributed by atoms with Crippen LogP contribution in [0.25, 0.3) is 0 Å². The molecule has 1 rings (SSSR count). The third-order valence-corrected chi connectivity index (χ3v) is 4.44. The van der Waals surface area contributed by atoms with Crippen LogP contribution in [0.3, 0.4) is 0 Å². The Morgan fingerprint density at radius 3 is 2.40 bits per heavy atom. The summed E-state index contributed by atoms with van der Waals surface area (Å²) in [4.78, 5) is 20.5. The Morgan fingerprint density at radius 2 is 2.00 bits per heavy atom. The molecule has 0 aliphatic heterocycles. The standard InChI is InChI=1S/C10H12N2O6S2/c1-19-6-9(10(13)14)11-20(17,18)8-4-2-7(3-5-8)12(15)16/h2-5,9,11H,6H2,1H3,(H,13,14)/t9-/m0/s1. The second-order valence-corrected chi connectivity index (χ2v) is 6.34. The van der Waals surface area contributed by atoms with Gasteiger partial charge in [0.05, 0.1) is 9.82 Å². The quantitative estimate of drug-likeness (QED) is 0.559. The fourth-order valence-electron chi connectivity index (χ4n) is 1.32. The first-order valence-corrected chi connectivity index (χ1v) is 8.14. The normalized spacial score (nSPS) is 12.8. The van der Waals surface area contributed by atoms with E-state index in [-0.39, 0.29) is 16.3 Å². The first kappa shape index (κ1) is 16.4. The largest absolute Gasteiger partial charge is 0.480 e. The van der Waals surface area contributed by atoms with Crippen LogP contribution in [0, 0.1) is 10.1 Å². The van der Waals surface area contributed by atoms with Crippen molar-refractivity contribution < 1.29 is 23.2 Å². The van der Waals surface area contributed by atoms with Gasteiger partial charge in [-0.25, -0.2) is 8.42 Å². The Morgan fingerprint density at radius 1 is 1.45 bits per heavy atom. The van der Waals surface area contributed by atoms with E-state index in [0.29, 0.717) is 0 Å². The van der Waals surface area contributed by atoms with Gasteiger partial charge >= 0.3 is 5.97 Å². The summed E-state index contributed by atoms with van der Waals surface area (Å²) in [6.07, 6.45) is 1.65. The van der Waals surface area contributed by atoms with Crippen molar-refractivity contribution in [1.29, 1.82) is 0 Å². The number of thioether (sulfide) groups is 1. The summed E-state index contributed by atoms with van der Waals surface area (Å²) >= 11 is 1.18. The second kappa shape index (κ2) is 6.68. The minimum atomic E-state index is -4.04. The summed E-state index contributed by atoms with van der Waals surface area (Å²) in [6, 6.07) is 2.93. The summed E-state index contributed by atoms with van der Waals surface area (Å²) in [5, 5.41) is 19.4. The molecule has 10 heteroatoms. The van der Waals surface area contributed by atoms with Gasteiger partial charge in [0.25, 0.3) is 5.69 Å². The molecule has 0 aliphatic rings. The van der Waals surface area contributed by atoms with Gasteiger partial charge in [-0.3, -0.25) is 14.9 Å². The zero-order valence-corrected chi connectivity index (χ0v) is 12.0. The molecule has 0 saturated carbocycles. The average molecular weight is 320 g/mol. The van der Waals surface area contributed by atoms with Gasteiger partial charge in [-0.15, -0.1) is 0 Å². The number of carboxylic acid groups (broad SMARTS) is 1. The third kappa shape index (κ3) is 4.18. The molecule has 8 nitrogen and oxygen atoms in total. The Labute approximate surface area is 119 Å². The zero-order valence-electron chi connectivity index (χ0n) is 10.3. The monoisotopic (exact) mass is 320 g/mol. The summed E-state index contributed by atoms with van der Waals surface area (Å²) < 4.78 is 25.9. The molecule has 0 aromatic heterocycles. The fourth-order valence-corrected chi connectivity index (χ4v) is 3.18. The van der Waals surface area contributed by atoms with Crippen LogP contribution >= 0.6 is 11.8 Å². The lowest BCUT2D eigenvalue weighted by atomic mass is 10.3. The van der Waals surface area contributed by atoms with Crippen LogP contribution in [-0.4, -0.2) is 42.5 Å². The summed E-state index contributed by atoms with van der Waals surface area (Å²) in [7, 11) is -4.04. The lowest BCUT2D eigenvalue weighted by molar-refractivity contribution is -0.384. The maximum Gasteiger partial charge on any atom is 0.322 e. The summed E-state index contributed by atoms with van der Waals surface area (Å²) in [6.45, 7) is 0. The minimum absolute atomic E-state index is 0.0710. The van der Waals surface area contributed by atoms with E-state index in [1.165, 1.54) is 11.8 Å². The first-order valence-electron chi connectivity index (χ1n) is 5.26. The van der Waals surface area contributed by atoms with Crippen LogP contribution in [0.2, 0.25) is 0 Å². The highest BCUT2D eigenvalue weighted by Gasteiger charge is 2.25. The number of nitrogens with zero attached hydrogens (tertiary/aromatic N) is 1. The second-order valence-electron chi connectivity index (χ2n) is 3.72. The lowest BCUT2D eigenvalue weighted by Crippen LogP contribution is -2.42. The molecule has 0 amide bonds. The highest BCUT2D eigenvalue weighted by Crippen LogP contribution is 2.16. The highest BCUT2D eigenvalue weighted by molar-refractivity contribution is 7.98. The van der Waals surface area contributed by atoms with E-state index in [4.69, 9.17) is 5.11 Å². The number of hydrogen-bond acceptors (Lipinski definition) is 6. The Bertz CT molecular complexity index is 599. The maximum absolute atomic E-state index is 11.9. The smallest absolute Gasteiger partial charge is 0.322 e. The van der Waals surface area contributed by atoms with Gasteiger partial charge in [0.2, 0.25) is 10.0 Å². The van der Waals surface area contributed by atoms with Crippen molar-refractivity contribution in [3.05, 3.63) is 34.4 Å². The van der Waals surface area contributed by atoms with Crippen molar-refractivity contribution in [1.82, 2.24) is 4.72 Å². The number of sulfonamides is 1. The van der Waals surface area contributed by atoms with Crippen molar-refractivity contribution in [2.75, 3.05) is 12.0 Å². The van der Waals surface area contributed by atoms with Gasteiger partial charge in [-0.1, -0.05) is 0 Å². The van der Waals surface area contributed by atoms with Crippen LogP contribution in [0.1, 0.15) is 0 Å². The predicted octanol–water partition coefficient (Wildman–Crippen LogP) is 0.689. The molecule has 1 aromatic rings. The van der Waals surface area contributed by atoms with Gasteiger partial charge in [0.15, 0.2) is 0 Å². The minimum Gasteiger partial charge on any atom is -0.480 e. The van der Waals surface area contributed by atoms with Crippen LogP contribution in [0.5, 0.6) is 0 Å². The Hall–Kier alpha value is -1.65. The number of hydrogen-bond donors (Lipinski definition) is 2. The molecule has 0 aliphatic carbocycles. The van der Waals surface area contributed by atoms with Crippen molar-refractivity contribution in [3.8, 4) is 0 Å². The summed E-state index contributed by atoms with van der Waals surface area (Å²) in [5.74, 6) is -1.22. The van der Waals surface area contributed by atoms with Gasteiger partial charge in [-0.2, -0.15) is 16.5 Å². The number of carbonyl (C=O) groups is 1. The van der Waals surface area contributed by atoms with E-state index in [1.807, 2.05) is 4.72 Å². The number of non-ortho nitro benzene ring substituents is 1. The van der Waals surface area contributed by atoms with Gasteiger partial charge < -0.3 is 5.11 Å². The van der Waals surface area contributed by atoms with Gasteiger partial charge in [0.1, 0.15) is 6.04 Å². The molecule has 0 unspecified atom stereocenters. The van der Waals surface area contributed by atoms with Crippen molar-refractivity contribution >= 4 is 33.4 Å². The maximum atomic E-state index is 11.9. The van der Waals surface area contributed by atoms with E-state index in [2.05, 4.69) is 0 Å². The molecule has 1 atom stereocenters. The molecule has 0 saturated heterocycles. The molecule has 2 N–H and O–H groups in total. The van der Waals surface area contributed by atoms with E-state index in [9.17, 15) is 23.3 Å². The average Bonchev–Trinajstić information content (AvgIpc) is 2.38. The molecular formula is C10H12N2O6S2. The Kier molecular flexibility index (Phi) is 5.48. The van der Waals surface area contributed by atoms with Crippen LogP contribution in [-0.2, 0) is 14.8 Å². The zero-order chi connectivity index (χ0) is 15.3. The number of nitro benzene ring substituents is 1. The fraction of sp³-hybridized carbons (Fsp3) is 0.300. The summed E-state index contributed by atoms with van der Waals surface area (Å²) in [5.41, 5.74) is -0.247. The molecule has 110 valence electrons. The first-order chi connectivity index (χ1) is 9.27. The number of aliphatic carboxylic acids is 1. The molecule has 0 bridgehead atoms. The van der Waals surface area contributed by atoms with Gasteiger partial charge in [0, 0.05) is 17.9 Å². The van der Waals surface area contributed by atoms with Crippen molar-refractivity contribution in [3.63, 3.8) is 0 Å². The van der Waals surface area contributed by atoms with Crippen LogP contribution < -0.4 is 4.72 Å². The molecular weight excluding hydrogens is 308 g/mol. The molecule has 0 spiro atoms. The number of nitrogens with one attached hydrogen (secondary N) is 1. The predicted molar refractivity (Wildman–Crippen MR) is 73.2 cm³/mol. The van der Waals surface area contributed by atoms with E-state index in [0.717, 1.165) is 24.3 Å². The number of benzene rings is 1. The molecule has 0 radical (unpaired) electrons. The highest BCUT2D eigenvalue weighted by atomic mass is 32.2. The van der Waals surface area contributed by atoms with Crippen LogP contribution in [0.4, 0.5) is 5.69 Å². The van der Waals surface area contributed by atoms with Crippen LogP contribution in [0.15, 0.2) is 29.2 Å². The molecule has 0 fully saturated rings. The molecule has 0 heterocycles. The van der Waals surface area contributed by atoms with E-state index < -0.39 is 27.0 Å². The van der Waals surface area contributed by atoms with Crippen molar-refractivity contribution in [2.24, 2.45) is 0 Å². The number of nitro groups is 1. The SMILES string of the molecule is CSC[C@H](NS(=O)(=O)c1ccc([N+](=O)[O-])cc1)C(=O)O. The molecule has 20 heavy (non-hydrogen) atoms. The third-order valence-electron chi connectivity index (χ3n) is 2.29. The number of rotatable bonds is 7. The number of carboxylic acids is 1. The lowest BCUT2D eigenvalue weighted by Gasteiger charge is -2.13. The topological polar surface area (TPSA) is 127 Å². The molecule has 1 aromatic carbocycles. The van der Waals surface area contributed by atoms with E-state index in [1.54, 1.807) is 6.26 Å². The van der Waals surface area contributed by atoms with Gasteiger partial charge in [-0.05, 0) is 18.4 Å².